The van der Waals surface area contributed by atoms with Crippen molar-refractivity contribution >= 4 is 0 Å². The van der Waals surface area contributed by atoms with E-state index in [9.17, 15) is 0 Å². The first-order valence-electron chi connectivity index (χ1n) is 6.53. The summed E-state index contributed by atoms with van der Waals surface area (Å²) in [6.45, 7) is 0.777. The molecule has 0 atom stereocenters. The Morgan fingerprint density at radius 2 is 2.12 bits per heavy atom. The molecule has 16 heavy (non-hydrogen) atoms. The van der Waals surface area contributed by atoms with Gasteiger partial charge in [0, 0.05) is 18.7 Å². The molecule has 90 valence electrons. The predicted octanol–water partition coefficient (Wildman–Crippen LogP) is 2.36. The average Bonchev–Trinajstić information content (AvgIpc) is 2.69. The largest absolute Gasteiger partial charge is 0.330 e. The number of aryl methyl sites for hydroxylation is 2. The topological polar surface area (TPSA) is 43.8 Å². The van der Waals surface area contributed by atoms with Gasteiger partial charge in [-0.05, 0) is 37.8 Å². The molecule has 2 N–H and O–H groups in total. The Morgan fingerprint density at radius 1 is 1.38 bits per heavy atom. The number of nitrogens with zero attached hydrogens (tertiary/aromatic N) is 2. The van der Waals surface area contributed by atoms with Gasteiger partial charge in [-0.1, -0.05) is 19.3 Å². The van der Waals surface area contributed by atoms with Gasteiger partial charge in [-0.15, -0.1) is 0 Å². The van der Waals surface area contributed by atoms with Crippen molar-refractivity contribution in [1.82, 2.24) is 9.78 Å². The second-order valence-electron chi connectivity index (χ2n) is 4.91. The molecular weight excluding hydrogens is 198 g/mol. The number of nitrogens with two attached hydrogens (primary N) is 1. The smallest absolute Gasteiger partial charge is 0.0524 e. The van der Waals surface area contributed by atoms with Crippen LogP contribution in [0.15, 0.2) is 6.20 Å². The van der Waals surface area contributed by atoms with Gasteiger partial charge in [0.2, 0.25) is 0 Å². The Kier molecular flexibility index (Phi) is 3.99. The van der Waals surface area contributed by atoms with Crippen LogP contribution in [0.2, 0.25) is 0 Å². The van der Waals surface area contributed by atoms with Crippen molar-refractivity contribution in [3.63, 3.8) is 0 Å². The molecule has 1 heterocycles. The molecule has 3 nitrogen and oxygen atoms in total. The van der Waals surface area contributed by atoms with Crippen molar-refractivity contribution in [2.75, 3.05) is 6.54 Å². The van der Waals surface area contributed by atoms with Crippen LogP contribution in [0.1, 0.15) is 55.7 Å². The van der Waals surface area contributed by atoms with Gasteiger partial charge in [0.05, 0.1) is 6.20 Å². The highest BCUT2D eigenvalue weighted by Gasteiger charge is 2.21. The average molecular weight is 221 g/mol. The summed E-state index contributed by atoms with van der Waals surface area (Å²) in [7, 11) is 2.08. The van der Waals surface area contributed by atoms with E-state index in [0.717, 1.165) is 25.3 Å². The Labute approximate surface area is 98.0 Å². The minimum Gasteiger partial charge on any atom is -0.330 e. The Bertz CT molecular complexity index is 324. The van der Waals surface area contributed by atoms with Gasteiger partial charge in [-0.25, -0.2) is 0 Å². The lowest BCUT2D eigenvalue weighted by atomic mass is 9.85. The first-order chi connectivity index (χ1) is 7.83. The van der Waals surface area contributed by atoms with Gasteiger partial charge in [0.15, 0.2) is 0 Å². The van der Waals surface area contributed by atoms with Crippen LogP contribution in [0.4, 0.5) is 0 Å². The van der Waals surface area contributed by atoms with Crippen LogP contribution >= 0.6 is 0 Å². The van der Waals surface area contributed by atoms with Crippen molar-refractivity contribution < 1.29 is 0 Å². The van der Waals surface area contributed by atoms with Crippen LogP contribution in [0.5, 0.6) is 0 Å². The van der Waals surface area contributed by atoms with E-state index >= 15 is 0 Å². The molecule has 1 fully saturated rings. The van der Waals surface area contributed by atoms with Crippen LogP contribution in [0.3, 0.4) is 0 Å². The zero-order chi connectivity index (χ0) is 11.4. The lowest BCUT2D eigenvalue weighted by molar-refractivity contribution is 0.422. The van der Waals surface area contributed by atoms with Gasteiger partial charge in [0.25, 0.3) is 0 Å². The fourth-order valence-corrected chi connectivity index (χ4v) is 2.88. The summed E-state index contributed by atoms with van der Waals surface area (Å²) in [5, 5.41) is 4.42. The molecule has 1 aliphatic rings. The number of aromatic nitrogens is 2. The maximum atomic E-state index is 5.58. The van der Waals surface area contributed by atoms with Gasteiger partial charge < -0.3 is 5.73 Å². The predicted molar refractivity (Wildman–Crippen MR) is 66.4 cm³/mol. The van der Waals surface area contributed by atoms with Crippen molar-refractivity contribution in [3.8, 4) is 0 Å². The third kappa shape index (κ3) is 2.46. The lowest BCUT2D eigenvalue weighted by Gasteiger charge is -2.23. The quantitative estimate of drug-likeness (QED) is 0.848. The molecule has 0 radical (unpaired) electrons. The number of hydrogen-bond donors (Lipinski definition) is 1. The fraction of sp³-hybridized carbons (Fsp3) is 0.769. The van der Waals surface area contributed by atoms with E-state index in [4.69, 9.17) is 5.73 Å². The molecule has 0 bridgehead atoms. The Morgan fingerprint density at radius 3 is 2.81 bits per heavy atom. The highest BCUT2D eigenvalue weighted by atomic mass is 15.3. The third-order valence-corrected chi connectivity index (χ3v) is 3.71. The van der Waals surface area contributed by atoms with Crippen molar-refractivity contribution in [2.24, 2.45) is 12.8 Å². The maximum absolute atomic E-state index is 5.58. The summed E-state index contributed by atoms with van der Waals surface area (Å²) in [6, 6.07) is 0. The highest BCUT2D eigenvalue weighted by molar-refractivity contribution is 5.22. The number of rotatable bonds is 4. The van der Waals surface area contributed by atoms with Gasteiger partial charge >= 0.3 is 0 Å². The second-order valence-corrected chi connectivity index (χ2v) is 4.91. The second kappa shape index (κ2) is 5.48. The van der Waals surface area contributed by atoms with Gasteiger partial charge in [-0.2, -0.15) is 5.10 Å². The van der Waals surface area contributed by atoms with Crippen molar-refractivity contribution in [2.45, 2.75) is 50.9 Å². The van der Waals surface area contributed by atoms with Crippen LogP contribution in [-0.4, -0.2) is 16.3 Å². The van der Waals surface area contributed by atoms with Crippen LogP contribution in [0.25, 0.3) is 0 Å². The maximum Gasteiger partial charge on any atom is 0.0524 e. The van der Waals surface area contributed by atoms with Crippen LogP contribution in [-0.2, 0) is 13.5 Å². The molecule has 0 aromatic carbocycles. The first-order valence-corrected chi connectivity index (χ1v) is 6.53. The molecule has 1 aromatic rings. The minimum atomic E-state index is 0.744. The van der Waals surface area contributed by atoms with Gasteiger partial charge in [-0.3, -0.25) is 4.68 Å². The SMILES string of the molecule is Cn1ncc(CCCN)c1C1CCCCC1. The normalized spacial score (nSPS) is 17.9. The van der Waals surface area contributed by atoms with E-state index < -0.39 is 0 Å². The van der Waals surface area contributed by atoms with E-state index in [0.29, 0.717) is 0 Å². The summed E-state index contributed by atoms with van der Waals surface area (Å²) in [6.07, 6.45) is 11.1. The molecule has 0 amide bonds. The fourth-order valence-electron chi connectivity index (χ4n) is 2.88. The molecule has 0 unspecified atom stereocenters. The van der Waals surface area contributed by atoms with E-state index in [1.54, 1.807) is 0 Å². The highest BCUT2D eigenvalue weighted by Crippen LogP contribution is 2.34. The molecule has 1 aliphatic carbocycles. The standard InChI is InChI=1S/C13H23N3/c1-16-13(11-6-3-2-4-7-11)12(10-15-16)8-5-9-14/h10-11H,2-9,14H2,1H3. The molecule has 0 spiro atoms. The van der Waals surface area contributed by atoms with E-state index in [-0.39, 0.29) is 0 Å². The summed E-state index contributed by atoms with van der Waals surface area (Å²) >= 11 is 0. The molecule has 2 rings (SSSR count). The zero-order valence-electron chi connectivity index (χ0n) is 10.3. The Hall–Kier alpha value is -0.830. The van der Waals surface area contributed by atoms with Crippen LogP contribution < -0.4 is 5.73 Å². The summed E-state index contributed by atoms with van der Waals surface area (Å²) in [4.78, 5) is 0. The monoisotopic (exact) mass is 221 g/mol. The summed E-state index contributed by atoms with van der Waals surface area (Å²) < 4.78 is 2.09. The summed E-state index contributed by atoms with van der Waals surface area (Å²) in [5.74, 6) is 0.744. The third-order valence-electron chi connectivity index (χ3n) is 3.71. The molecular formula is C13H23N3. The minimum absolute atomic E-state index is 0.744. The molecule has 0 saturated heterocycles. The van der Waals surface area contributed by atoms with E-state index in [2.05, 4.69) is 16.8 Å². The van der Waals surface area contributed by atoms with E-state index in [1.807, 2.05) is 6.20 Å². The van der Waals surface area contributed by atoms with Crippen molar-refractivity contribution in [1.29, 1.82) is 0 Å². The molecule has 0 aliphatic heterocycles. The molecule has 3 heteroatoms. The Balaban J connectivity index is 2.13. The van der Waals surface area contributed by atoms with E-state index in [1.165, 1.54) is 43.4 Å². The number of hydrogen-bond acceptors (Lipinski definition) is 2. The van der Waals surface area contributed by atoms with Crippen LogP contribution in [0, 0.1) is 0 Å². The van der Waals surface area contributed by atoms with Gasteiger partial charge in [0.1, 0.15) is 0 Å². The first kappa shape index (κ1) is 11.6. The molecule has 1 aromatic heterocycles. The lowest BCUT2D eigenvalue weighted by Crippen LogP contribution is -2.12. The zero-order valence-corrected chi connectivity index (χ0v) is 10.3. The summed E-state index contributed by atoms with van der Waals surface area (Å²) in [5.41, 5.74) is 8.49. The van der Waals surface area contributed by atoms with Crippen molar-refractivity contribution in [3.05, 3.63) is 17.5 Å². The molecule has 1 saturated carbocycles.